The third-order valence-electron chi connectivity index (χ3n) is 3.54. The van der Waals surface area contributed by atoms with E-state index < -0.39 is 9.84 Å². The van der Waals surface area contributed by atoms with Crippen LogP contribution in [0.1, 0.15) is 11.1 Å². The van der Waals surface area contributed by atoms with Crippen LogP contribution in [0.4, 0.5) is 0 Å². The summed E-state index contributed by atoms with van der Waals surface area (Å²) >= 11 is 0. The first-order valence-corrected chi connectivity index (χ1v) is 9.09. The van der Waals surface area contributed by atoms with Crippen LogP contribution in [0, 0.1) is 0 Å². The van der Waals surface area contributed by atoms with E-state index in [4.69, 9.17) is 14.2 Å². The van der Waals surface area contributed by atoms with Crippen molar-refractivity contribution in [3.8, 4) is 23.0 Å². The van der Waals surface area contributed by atoms with Crippen LogP contribution < -0.4 is 14.2 Å². The molecule has 0 aliphatic carbocycles. The van der Waals surface area contributed by atoms with Crippen molar-refractivity contribution in [3.05, 3.63) is 52.9 Å². The van der Waals surface area contributed by atoms with Gasteiger partial charge in [-0.05, 0) is 24.3 Å². The SMILES string of the molecule is COc1ccc(CS(=O)(=O)C=Cc2ccc(OC)cc2OC)c(O)c1. The van der Waals surface area contributed by atoms with Crippen molar-refractivity contribution in [2.24, 2.45) is 0 Å². The van der Waals surface area contributed by atoms with Gasteiger partial charge in [-0.1, -0.05) is 6.07 Å². The molecule has 2 aromatic carbocycles. The standard InChI is InChI=1S/C18H20O6S/c1-22-15-7-5-14(17(19)10-15)12-25(20,21)9-8-13-4-6-16(23-2)11-18(13)24-3/h4-11,19H,12H2,1-3H3. The molecule has 2 rings (SSSR count). The smallest absolute Gasteiger partial charge is 0.175 e. The average Bonchev–Trinajstić information content (AvgIpc) is 2.61. The highest BCUT2D eigenvalue weighted by molar-refractivity contribution is 7.93. The molecule has 0 saturated heterocycles. The first-order chi connectivity index (χ1) is 11.9. The van der Waals surface area contributed by atoms with Gasteiger partial charge in [0.2, 0.25) is 0 Å². The van der Waals surface area contributed by atoms with Gasteiger partial charge in [0, 0.05) is 28.7 Å². The molecule has 25 heavy (non-hydrogen) atoms. The summed E-state index contributed by atoms with van der Waals surface area (Å²) in [6, 6.07) is 9.58. The fraction of sp³-hybridized carbons (Fsp3) is 0.222. The van der Waals surface area contributed by atoms with Crippen molar-refractivity contribution in [2.45, 2.75) is 5.75 Å². The van der Waals surface area contributed by atoms with Crippen LogP contribution in [0.3, 0.4) is 0 Å². The topological polar surface area (TPSA) is 82.1 Å². The Kier molecular flexibility index (Phi) is 5.93. The molecule has 0 amide bonds. The second kappa shape index (κ2) is 7.94. The number of hydrogen-bond acceptors (Lipinski definition) is 6. The molecule has 7 heteroatoms. The summed E-state index contributed by atoms with van der Waals surface area (Å²) in [4.78, 5) is 0. The molecule has 0 fully saturated rings. The quantitative estimate of drug-likeness (QED) is 0.813. The van der Waals surface area contributed by atoms with Gasteiger partial charge in [0.05, 0.1) is 27.1 Å². The molecular formula is C18H20O6S. The number of phenols is 1. The highest BCUT2D eigenvalue weighted by Crippen LogP contribution is 2.28. The van der Waals surface area contributed by atoms with Crippen LogP contribution in [-0.2, 0) is 15.6 Å². The van der Waals surface area contributed by atoms with Crippen LogP contribution in [0.25, 0.3) is 6.08 Å². The van der Waals surface area contributed by atoms with Gasteiger partial charge in [-0.15, -0.1) is 0 Å². The van der Waals surface area contributed by atoms with Gasteiger partial charge >= 0.3 is 0 Å². The molecule has 1 N–H and O–H groups in total. The summed E-state index contributed by atoms with van der Waals surface area (Å²) in [5.41, 5.74) is 0.901. The van der Waals surface area contributed by atoms with Gasteiger partial charge in [0.15, 0.2) is 9.84 Å². The molecule has 0 aliphatic rings. The summed E-state index contributed by atoms with van der Waals surface area (Å²) in [6.45, 7) is 0. The van der Waals surface area contributed by atoms with Crippen LogP contribution in [0.2, 0.25) is 0 Å². The minimum Gasteiger partial charge on any atom is -0.507 e. The number of aromatic hydroxyl groups is 1. The summed E-state index contributed by atoms with van der Waals surface area (Å²) in [5.74, 6) is 1.12. The number of benzene rings is 2. The highest BCUT2D eigenvalue weighted by Gasteiger charge is 2.13. The monoisotopic (exact) mass is 364 g/mol. The second-order valence-corrected chi connectivity index (χ2v) is 7.10. The number of ether oxygens (including phenoxy) is 3. The minimum absolute atomic E-state index is 0.127. The van der Waals surface area contributed by atoms with Crippen molar-refractivity contribution in [3.63, 3.8) is 0 Å². The molecule has 0 heterocycles. The zero-order chi connectivity index (χ0) is 18.4. The highest BCUT2D eigenvalue weighted by atomic mass is 32.2. The third kappa shape index (κ3) is 4.90. The maximum absolute atomic E-state index is 12.3. The molecule has 0 bridgehead atoms. The number of phenolic OH excluding ortho intramolecular Hbond substituents is 1. The minimum atomic E-state index is -3.58. The fourth-order valence-corrected chi connectivity index (χ4v) is 3.32. The Labute approximate surface area is 147 Å². The molecule has 6 nitrogen and oxygen atoms in total. The van der Waals surface area contributed by atoms with Gasteiger partial charge in [0.1, 0.15) is 23.0 Å². The molecule has 0 aliphatic heterocycles. The molecule has 0 atom stereocenters. The van der Waals surface area contributed by atoms with Gasteiger partial charge < -0.3 is 19.3 Å². The number of rotatable bonds is 7. The summed E-state index contributed by atoms with van der Waals surface area (Å²) < 4.78 is 39.9. The van der Waals surface area contributed by atoms with Crippen molar-refractivity contribution < 1.29 is 27.7 Å². The Morgan fingerprint density at radius 2 is 1.60 bits per heavy atom. The Bertz CT molecular complexity index is 871. The zero-order valence-electron chi connectivity index (χ0n) is 14.2. The van der Waals surface area contributed by atoms with E-state index in [-0.39, 0.29) is 11.5 Å². The Balaban J connectivity index is 2.22. The molecule has 0 unspecified atom stereocenters. The summed E-state index contributed by atoms with van der Waals surface area (Å²) in [5, 5.41) is 11.0. The fourth-order valence-electron chi connectivity index (χ4n) is 2.19. The normalized spacial score (nSPS) is 11.5. The Morgan fingerprint density at radius 1 is 0.960 bits per heavy atom. The van der Waals surface area contributed by atoms with Gasteiger partial charge in [-0.25, -0.2) is 8.42 Å². The zero-order valence-corrected chi connectivity index (χ0v) is 15.0. The van der Waals surface area contributed by atoms with Crippen LogP contribution in [0.15, 0.2) is 41.8 Å². The molecule has 134 valence electrons. The lowest BCUT2D eigenvalue weighted by atomic mass is 10.2. The molecule has 0 spiro atoms. The van der Waals surface area contributed by atoms with E-state index in [1.165, 1.54) is 39.5 Å². The summed E-state index contributed by atoms with van der Waals surface area (Å²) in [7, 11) is 0.918. The lowest BCUT2D eigenvalue weighted by Crippen LogP contribution is -2.00. The summed E-state index contributed by atoms with van der Waals surface area (Å²) in [6.07, 6.45) is 1.45. The van der Waals surface area contributed by atoms with E-state index in [0.717, 1.165) is 5.41 Å². The average molecular weight is 364 g/mol. The number of hydrogen-bond donors (Lipinski definition) is 1. The van der Waals surface area contributed by atoms with E-state index in [1.54, 1.807) is 24.3 Å². The predicted molar refractivity (Wildman–Crippen MR) is 95.9 cm³/mol. The van der Waals surface area contributed by atoms with E-state index in [0.29, 0.717) is 28.4 Å². The van der Waals surface area contributed by atoms with Gasteiger partial charge in [-0.2, -0.15) is 0 Å². The third-order valence-corrected chi connectivity index (χ3v) is 4.81. The predicted octanol–water partition coefficient (Wildman–Crippen LogP) is 3.00. The van der Waals surface area contributed by atoms with Crippen molar-refractivity contribution in [1.29, 1.82) is 0 Å². The molecule has 2 aromatic rings. The van der Waals surface area contributed by atoms with E-state index in [2.05, 4.69) is 0 Å². The van der Waals surface area contributed by atoms with Crippen molar-refractivity contribution >= 4 is 15.9 Å². The molecule has 0 radical (unpaired) electrons. The van der Waals surface area contributed by atoms with Crippen LogP contribution in [-0.4, -0.2) is 34.9 Å². The Morgan fingerprint density at radius 3 is 2.20 bits per heavy atom. The lowest BCUT2D eigenvalue weighted by Gasteiger charge is -2.08. The first-order valence-electron chi connectivity index (χ1n) is 7.37. The van der Waals surface area contributed by atoms with Crippen LogP contribution >= 0.6 is 0 Å². The van der Waals surface area contributed by atoms with E-state index >= 15 is 0 Å². The lowest BCUT2D eigenvalue weighted by molar-refractivity contribution is 0.394. The molecule has 0 aromatic heterocycles. The molecular weight excluding hydrogens is 344 g/mol. The van der Waals surface area contributed by atoms with Crippen LogP contribution in [0.5, 0.6) is 23.0 Å². The number of methoxy groups -OCH3 is 3. The van der Waals surface area contributed by atoms with Gasteiger partial charge in [0.25, 0.3) is 0 Å². The van der Waals surface area contributed by atoms with Crippen molar-refractivity contribution in [2.75, 3.05) is 21.3 Å². The van der Waals surface area contributed by atoms with E-state index in [9.17, 15) is 13.5 Å². The molecule has 0 saturated carbocycles. The first kappa shape index (κ1) is 18.7. The largest absolute Gasteiger partial charge is 0.507 e. The maximum atomic E-state index is 12.3. The second-order valence-electron chi connectivity index (χ2n) is 5.21. The maximum Gasteiger partial charge on any atom is 0.175 e. The van der Waals surface area contributed by atoms with E-state index in [1.807, 2.05) is 0 Å². The van der Waals surface area contributed by atoms with Crippen molar-refractivity contribution in [1.82, 2.24) is 0 Å². The van der Waals surface area contributed by atoms with Gasteiger partial charge in [-0.3, -0.25) is 0 Å². The number of sulfone groups is 1. The Hall–Kier alpha value is -2.67.